The van der Waals surface area contributed by atoms with Gasteiger partial charge < -0.3 is 0 Å². The van der Waals surface area contributed by atoms with Crippen LogP contribution in [0.2, 0.25) is 0 Å². The minimum Gasteiger partial charge on any atom is -0.298 e. The Balaban J connectivity index is 3.34. The van der Waals surface area contributed by atoms with Gasteiger partial charge in [-0.05, 0) is 17.0 Å². The molecule has 2 nitrogen and oxygen atoms in total. The van der Waals surface area contributed by atoms with Crippen LogP contribution in [0.3, 0.4) is 0 Å². The van der Waals surface area contributed by atoms with E-state index < -0.39 is 17.4 Å². The summed E-state index contributed by atoms with van der Waals surface area (Å²) in [6, 6.07) is 1.24. The second-order valence-corrected chi connectivity index (χ2v) is 4.53. The van der Waals surface area contributed by atoms with Crippen molar-refractivity contribution in [3.05, 3.63) is 29.1 Å². The number of pyridine rings is 1. The first-order chi connectivity index (χ1) is 7.16. The van der Waals surface area contributed by atoms with E-state index in [-0.39, 0.29) is 11.7 Å². The van der Waals surface area contributed by atoms with Crippen molar-refractivity contribution in [2.24, 2.45) is 0 Å². The molecule has 0 radical (unpaired) electrons. The zero-order valence-corrected chi connectivity index (χ0v) is 9.22. The van der Waals surface area contributed by atoms with Gasteiger partial charge in [-0.15, -0.1) is 0 Å². The van der Waals surface area contributed by atoms with E-state index in [1.54, 1.807) is 0 Å². The third-order valence-corrected chi connectivity index (χ3v) is 2.18. The third-order valence-electron chi connectivity index (χ3n) is 2.18. The molecular weight excluding hydrogens is 219 g/mol. The summed E-state index contributed by atoms with van der Waals surface area (Å²) in [4.78, 5) is 13.9. The van der Waals surface area contributed by atoms with E-state index in [0.717, 1.165) is 6.20 Å². The number of carbonyl (C=O) groups excluding carboxylic acids is 1. The number of alkyl halides is 3. The summed E-state index contributed by atoms with van der Waals surface area (Å²) < 4.78 is 37.3. The summed E-state index contributed by atoms with van der Waals surface area (Å²) in [5, 5.41) is 0. The van der Waals surface area contributed by atoms with Crippen molar-refractivity contribution in [2.75, 3.05) is 0 Å². The molecule has 1 rings (SSSR count). The van der Waals surface area contributed by atoms with Crippen LogP contribution in [-0.2, 0) is 11.6 Å². The Morgan fingerprint density at radius 1 is 1.25 bits per heavy atom. The molecule has 88 valence electrons. The van der Waals surface area contributed by atoms with Gasteiger partial charge in [-0.2, -0.15) is 13.2 Å². The van der Waals surface area contributed by atoms with Gasteiger partial charge in [0.15, 0.2) is 12.0 Å². The second-order valence-electron chi connectivity index (χ2n) is 4.53. The lowest BCUT2D eigenvalue weighted by molar-refractivity contribution is -0.141. The molecule has 1 aromatic heterocycles. The maximum absolute atomic E-state index is 12.4. The predicted octanol–water partition coefficient (Wildman–Crippen LogP) is 3.21. The lowest BCUT2D eigenvalue weighted by Crippen LogP contribution is -2.17. The molecule has 0 aliphatic heterocycles. The van der Waals surface area contributed by atoms with E-state index in [2.05, 4.69) is 4.98 Å². The minimum atomic E-state index is -4.59. The monoisotopic (exact) mass is 231 g/mol. The lowest BCUT2D eigenvalue weighted by Gasteiger charge is -2.20. The highest BCUT2D eigenvalue weighted by Gasteiger charge is 2.35. The number of halogens is 3. The van der Waals surface area contributed by atoms with Gasteiger partial charge in [0.1, 0.15) is 0 Å². The Morgan fingerprint density at radius 3 is 2.19 bits per heavy atom. The molecule has 5 heteroatoms. The number of nitrogens with zero attached hydrogens (tertiary/aromatic N) is 1. The average molecular weight is 231 g/mol. The first-order valence-corrected chi connectivity index (χ1v) is 4.69. The smallest absolute Gasteiger partial charge is 0.298 e. The Bertz CT molecular complexity index is 405. The molecule has 1 aromatic rings. The standard InChI is InChI=1S/C11H12F3NO/c1-10(2,3)8-4-7(6-16)9(15-5-8)11(12,13)14/h4-6H,1-3H3. The first-order valence-electron chi connectivity index (χ1n) is 4.69. The molecule has 0 bridgehead atoms. The fourth-order valence-electron chi connectivity index (χ4n) is 1.22. The zero-order chi connectivity index (χ0) is 12.6. The van der Waals surface area contributed by atoms with E-state index >= 15 is 0 Å². The van der Waals surface area contributed by atoms with Gasteiger partial charge in [0.2, 0.25) is 0 Å². The third kappa shape index (κ3) is 2.59. The van der Waals surface area contributed by atoms with E-state index in [1.165, 1.54) is 6.07 Å². The molecule has 0 aliphatic carbocycles. The molecular formula is C11H12F3NO. The van der Waals surface area contributed by atoms with Crippen molar-refractivity contribution in [3.63, 3.8) is 0 Å². The van der Waals surface area contributed by atoms with Crippen molar-refractivity contribution >= 4 is 6.29 Å². The van der Waals surface area contributed by atoms with Crippen molar-refractivity contribution in [1.29, 1.82) is 0 Å². The number of hydrogen-bond acceptors (Lipinski definition) is 2. The Labute approximate surface area is 91.5 Å². The molecule has 0 aromatic carbocycles. The molecule has 0 N–H and O–H groups in total. The van der Waals surface area contributed by atoms with Crippen LogP contribution in [0.25, 0.3) is 0 Å². The number of hydrogen-bond donors (Lipinski definition) is 0. The maximum Gasteiger partial charge on any atom is 0.434 e. The predicted molar refractivity (Wildman–Crippen MR) is 53.3 cm³/mol. The molecule has 0 atom stereocenters. The van der Waals surface area contributed by atoms with E-state index in [1.807, 2.05) is 20.8 Å². The first kappa shape index (κ1) is 12.7. The molecule has 0 saturated heterocycles. The quantitative estimate of drug-likeness (QED) is 0.694. The summed E-state index contributed by atoms with van der Waals surface area (Å²) in [6.07, 6.45) is -3.24. The fourth-order valence-corrected chi connectivity index (χ4v) is 1.22. The molecule has 0 unspecified atom stereocenters. The van der Waals surface area contributed by atoms with Crippen LogP contribution in [0.15, 0.2) is 12.3 Å². The van der Waals surface area contributed by atoms with Crippen LogP contribution in [0.4, 0.5) is 13.2 Å². The SMILES string of the molecule is CC(C)(C)c1cnc(C(F)(F)F)c(C=O)c1. The van der Waals surface area contributed by atoms with Crippen molar-refractivity contribution in [3.8, 4) is 0 Å². The van der Waals surface area contributed by atoms with Gasteiger partial charge in [0, 0.05) is 11.8 Å². The van der Waals surface area contributed by atoms with E-state index in [4.69, 9.17) is 0 Å². The van der Waals surface area contributed by atoms with Gasteiger partial charge in [-0.25, -0.2) is 0 Å². The largest absolute Gasteiger partial charge is 0.434 e. The average Bonchev–Trinajstić information content (AvgIpc) is 2.14. The second kappa shape index (κ2) is 3.88. The van der Waals surface area contributed by atoms with Crippen LogP contribution in [0, 0.1) is 0 Å². The highest BCUT2D eigenvalue weighted by Crippen LogP contribution is 2.31. The minimum absolute atomic E-state index is 0.186. The van der Waals surface area contributed by atoms with Crippen LogP contribution in [0.5, 0.6) is 0 Å². The summed E-state index contributed by atoms with van der Waals surface area (Å²) in [5.74, 6) is 0. The van der Waals surface area contributed by atoms with Crippen molar-refractivity contribution in [1.82, 2.24) is 4.98 Å². The summed E-state index contributed by atoms with van der Waals surface area (Å²) in [7, 11) is 0. The molecule has 0 fully saturated rings. The van der Waals surface area contributed by atoms with Crippen LogP contribution in [0.1, 0.15) is 42.4 Å². The maximum atomic E-state index is 12.4. The van der Waals surface area contributed by atoms with Crippen LogP contribution in [-0.4, -0.2) is 11.3 Å². The zero-order valence-electron chi connectivity index (χ0n) is 9.22. The van der Waals surface area contributed by atoms with Crippen molar-refractivity contribution < 1.29 is 18.0 Å². The van der Waals surface area contributed by atoms with Gasteiger partial charge in [-0.1, -0.05) is 20.8 Å². The normalized spacial score (nSPS) is 12.6. The molecule has 1 heterocycles. The molecule has 0 aliphatic rings. The number of aldehydes is 1. The Hall–Kier alpha value is -1.39. The Morgan fingerprint density at radius 2 is 1.81 bits per heavy atom. The molecule has 0 spiro atoms. The highest BCUT2D eigenvalue weighted by atomic mass is 19.4. The Kier molecular flexibility index (Phi) is 3.08. The molecule has 0 saturated carbocycles. The van der Waals surface area contributed by atoms with E-state index in [9.17, 15) is 18.0 Å². The summed E-state index contributed by atoms with van der Waals surface area (Å²) in [5.41, 5.74) is -1.28. The molecule has 0 amide bonds. The number of carbonyl (C=O) groups is 1. The van der Waals surface area contributed by atoms with Crippen LogP contribution >= 0.6 is 0 Å². The summed E-state index contributed by atoms with van der Waals surface area (Å²) in [6.45, 7) is 5.52. The van der Waals surface area contributed by atoms with Gasteiger partial charge in [-0.3, -0.25) is 9.78 Å². The van der Waals surface area contributed by atoms with Gasteiger partial charge in [0.25, 0.3) is 0 Å². The lowest BCUT2D eigenvalue weighted by atomic mass is 9.87. The molecule has 16 heavy (non-hydrogen) atoms. The number of rotatable bonds is 1. The number of aromatic nitrogens is 1. The highest BCUT2D eigenvalue weighted by molar-refractivity contribution is 5.77. The van der Waals surface area contributed by atoms with Crippen molar-refractivity contribution in [2.45, 2.75) is 32.4 Å². The van der Waals surface area contributed by atoms with Gasteiger partial charge in [0.05, 0.1) is 0 Å². The summed E-state index contributed by atoms with van der Waals surface area (Å²) >= 11 is 0. The topological polar surface area (TPSA) is 30.0 Å². The van der Waals surface area contributed by atoms with E-state index in [0.29, 0.717) is 5.56 Å². The van der Waals surface area contributed by atoms with Gasteiger partial charge >= 0.3 is 6.18 Å². The fraction of sp³-hybridized carbons (Fsp3) is 0.455. The van der Waals surface area contributed by atoms with Crippen LogP contribution < -0.4 is 0 Å².